The maximum Gasteiger partial charge on any atom is 0.472 e. The van der Waals surface area contributed by atoms with Gasteiger partial charge in [0, 0.05) is 13.0 Å². The van der Waals surface area contributed by atoms with Gasteiger partial charge in [-0.05, 0) is 12.8 Å². The van der Waals surface area contributed by atoms with Crippen LogP contribution in [0.3, 0.4) is 0 Å². The van der Waals surface area contributed by atoms with Crippen molar-refractivity contribution in [2.75, 3.05) is 19.8 Å². The van der Waals surface area contributed by atoms with Crippen LogP contribution in [0.5, 0.6) is 0 Å². The van der Waals surface area contributed by atoms with Crippen LogP contribution in [0, 0.1) is 0 Å². The van der Waals surface area contributed by atoms with E-state index >= 15 is 0 Å². The predicted molar refractivity (Wildman–Crippen MR) is 235 cm³/mol. The molecule has 1 aliphatic carbocycles. The average molecular weight is 867 g/mol. The highest BCUT2D eigenvalue weighted by Gasteiger charge is 2.51. The highest BCUT2D eigenvalue weighted by atomic mass is 31.2. The van der Waals surface area contributed by atoms with Gasteiger partial charge >= 0.3 is 13.8 Å². The molecule has 0 amide bonds. The van der Waals surface area contributed by atoms with Gasteiger partial charge < -0.3 is 39.9 Å². The second-order valence-corrected chi connectivity index (χ2v) is 18.7. The van der Waals surface area contributed by atoms with Crippen LogP contribution in [0.4, 0.5) is 0 Å². The summed E-state index contributed by atoms with van der Waals surface area (Å²) < 4.78 is 34.2. The standard InChI is InChI=1S/C46H91O12P/c1-3-5-7-9-11-13-15-17-19-21-23-25-27-29-31-33-35-40(47)57-39(38-56-59(53,54)58-46-44(51)42(49)41(48)43(50)45(46)52)37-55-36-34-32-30-28-26-24-22-20-18-16-14-12-10-8-6-4-2/h39,41-46,48-52H,3-38H2,1-2H3,(H,53,54)/t39-,41?,42-,43?,44?,45?,46?/m1/s1. The first kappa shape index (κ1) is 56.4. The van der Waals surface area contributed by atoms with Gasteiger partial charge in [0.25, 0.3) is 0 Å². The number of rotatable bonds is 42. The molecule has 12 nitrogen and oxygen atoms in total. The normalized spacial score (nSPS) is 22.4. The van der Waals surface area contributed by atoms with Crippen molar-refractivity contribution in [3.63, 3.8) is 0 Å². The number of aliphatic hydroxyl groups excluding tert-OH is 5. The van der Waals surface area contributed by atoms with E-state index in [1.807, 2.05) is 0 Å². The van der Waals surface area contributed by atoms with Gasteiger partial charge in [-0.15, -0.1) is 0 Å². The number of carbonyl (C=O) groups is 1. The van der Waals surface area contributed by atoms with Crippen molar-refractivity contribution in [2.24, 2.45) is 0 Å². The highest BCUT2D eigenvalue weighted by molar-refractivity contribution is 7.47. The zero-order chi connectivity index (χ0) is 43.4. The van der Waals surface area contributed by atoms with E-state index in [-0.39, 0.29) is 13.0 Å². The summed E-state index contributed by atoms with van der Waals surface area (Å²) >= 11 is 0. The van der Waals surface area contributed by atoms with Crippen molar-refractivity contribution in [3.05, 3.63) is 0 Å². The van der Waals surface area contributed by atoms with Crippen LogP contribution >= 0.6 is 7.82 Å². The molecule has 59 heavy (non-hydrogen) atoms. The van der Waals surface area contributed by atoms with Crippen molar-refractivity contribution in [3.8, 4) is 0 Å². The lowest BCUT2D eigenvalue weighted by atomic mass is 9.85. The Hall–Kier alpha value is -0.660. The molecule has 0 saturated heterocycles. The van der Waals surface area contributed by atoms with E-state index in [0.717, 1.165) is 38.5 Å². The van der Waals surface area contributed by atoms with Crippen LogP contribution in [0.2, 0.25) is 0 Å². The Morgan fingerprint density at radius 1 is 0.475 bits per heavy atom. The predicted octanol–water partition coefficient (Wildman–Crippen LogP) is 10.1. The van der Waals surface area contributed by atoms with Gasteiger partial charge in [-0.2, -0.15) is 0 Å². The van der Waals surface area contributed by atoms with Crippen molar-refractivity contribution in [1.82, 2.24) is 0 Å². The van der Waals surface area contributed by atoms with Gasteiger partial charge in [-0.3, -0.25) is 13.8 Å². The average Bonchev–Trinajstić information content (AvgIpc) is 3.22. The molecule has 1 saturated carbocycles. The topological polar surface area (TPSA) is 192 Å². The lowest BCUT2D eigenvalue weighted by Crippen LogP contribution is -2.64. The largest absolute Gasteiger partial charge is 0.472 e. The number of hydrogen-bond acceptors (Lipinski definition) is 11. The first-order valence-corrected chi connectivity index (χ1v) is 25.9. The van der Waals surface area contributed by atoms with Crippen molar-refractivity contribution in [2.45, 2.75) is 268 Å². The van der Waals surface area contributed by atoms with E-state index in [2.05, 4.69) is 13.8 Å². The fourth-order valence-electron chi connectivity index (χ4n) is 7.83. The third kappa shape index (κ3) is 30.1. The van der Waals surface area contributed by atoms with Crippen LogP contribution in [0.15, 0.2) is 0 Å². The zero-order valence-corrected chi connectivity index (χ0v) is 38.5. The minimum Gasteiger partial charge on any atom is -0.457 e. The summed E-state index contributed by atoms with van der Waals surface area (Å²) in [5.74, 6) is -0.470. The van der Waals surface area contributed by atoms with E-state index in [1.165, 1.54) is 161 Å². The lowest BCUT2D eigenvalue weighted by Gasteiger charge is -2.41. The third-order valence-electron chi connectivity index (χ3n) is 11.7. The minimum absolute atomic E-state index is 0.0677. The Bertz CT molecular complexity index is 989. The van der Waals surface area contributed by atoms with E-state index in [1.54, 1.807) is 0 Å². The monoisotopic (exact) mass is 867 g/mol. The lowest BCUT2D eigenvalue weighted by molar-refractivity contribution is -0.220. The van der Waals surface area contributed by atoms with Crippen LogP contribution in [0.1, 0.15) is 226 Å². The summed E-state index contributed by atoms with van der Waals surface area (Å²) in [6.07, 6.45) is 27.4. The summed E-state index contributed by atoms with van der Waals surface area (Å²) in [5, 5.41) is 50.2. The number of ether oxygens (including phenoxy) is 2. The molecule has 8 atom stereocenters. The number of unbranched alkanes of at least 4 members (excludes halogenated alkanes) is 30. The molecule has 0 aliphatic heterocycles. The Morgan fingerprint density at radius 3 is 1.17 bits per heavy atom. The summed E-state index contributed by atoms with van der Waals surface area (Å²) in [6.45, 7) is 4.30. The molecule has 0 radical (unpaired) electrons. The van der Waals surface area contributed by atoms with Crippen LogP contribution in [-0.4, -0.2) is 98.9 Å². The van der Waals surface area contributed by atoms with E-state index in [0.29, 0.717) is 13.0 Å². The molecule has 6 unspecified atom stereocenters. The molecule has 0 aromatic heterocycles. The maximum absolute atomic E-state index is 12.8. The smallest absolute Gasteiger partial charge is 0.457 e. The molecule has 0 heterocycles. The molecule has 0 bridgehead atoms. The fourth-order valence-corrected chi connectivity index (χ4v) is 8.80. The summed E-state index contributed by atoms with van der Waals surface area (Å²) in [4.78, 5) is 23.2. The van der Waals surface area contributed by atoms with Gasteiger partial charge in [-0.25, -0.2) is 4.57 Å². The number of phosphoric ester groups is 1. The number of esters is 1. The molecule has 0 aromatic rings. The second kappa shape index (κ2) is 37.9. The number of carbonyl (C=O) groups excluding carboxylic acids is 1. The SMILES string of the molecule is CCCCCCCCCCCCCCCCCCOC[C@H](COP(=O)(O)OC1C(O)C(O)C(O)[C@@H](O)C1O)OC(=O)CCCCCCCCCCCCCCCCCC. The summed E-state index contributed by atoms with van der Waals surface area (Å²) in [5.41, 5.74) is 0. The Labute approximate surface area is 359 Å². The molecule has 352 valence electrons. The van der Waals surface area contributed by atoms with Crippen molar-refractivity contribution < 1.29 is 58.3 Å². The molecular weight excluding hydrogens is 775 g/mol. The molecule has 6 N–H and O–H groups in total. The molecule has 1 aliphatic rings. The number of phosphoric acid groups is 1. The molecule has 1 fully saturated rings. The highest BCUT2D eigenvalue weighted by Crippen LogP contribution is 2.47. The first-order valence-electron chi connectivity index (χ1n) is 24.4. The molecule has 0 aromatic carbocycles. The maximum atomic E-state index is 12.8. The van der Waals surface area contributed by atoms with Gasteiger partial charge in [0.05, 0.1) is 13.2 Å². The van der Waals surface area contributed by atoms with Gasteiger partial charge in [0.1, 0.15) is 42.7 Å². The zero-order valence-electron chi connectivity index (χ0n) is 37.6. The summed E-state index contributed by atoms with van der Waals surface area (Å²) in [6, 6.07) is 0. The van der Waals surface area contributed by atoms with Crippen LogP contribution < -0.4 is 0 Å². The Kier molecular flexibility index (Phi) is 36.2. The van der Waals surface area contributed by atoms with Crippen molar-refractivity contribution in [1.29, 1.82) is 0 Å². The summed E-state index contributed by atoms with van der Waals surface area (Å²) in [7, 11) is -5.01. The number of hydrogen-bond donors (Lipinski definition) is 6. The van der Waals surface area contributed by atoms with Crippen molar-refractivity contribution >= 4 is 13.8 Å². The van der Waals surface area contributed by atoms with E-state index in [9.17, 15) is 39.8 Å². The fraction of sp³-hybridized carbons (Fsp3) is 0.978. The van der Waals surface area contributed by atoms with Crippen LogP contribution in [0.25, 0.3) is 0 Å². The van der Waals surface area contributed by atoms with Crippen LogP contribution in [-0.2, 0) is 27.9 Å². The Morgan fingerprint density at radius 2 is 0.797 bits per heavy atom. The quantitative estimate of drug-likeness (QED) is 0.0194. The molecule has 1 rings (SSSR count). The first-order chi connectivity index (χ1) is 28.5. The van der Waals surface area contributed by atoms with Gasteiger partial charge in [0.2, 0.25) is 0 Å². The van der Waals surface area contributed by atoms with Gasteiger partial charge in [-0.1, -0.05) is 206 Å². The second-order valence-electron chi connectivity index (χ2n) is 17.3. The molecule has 13 heteroatoms. The Balaban J connectivity index is 2.35. The van der Waals surface area contributed by atoms with Gasteiger partial charge in [0.15, 0.2) is 0 Å². The third-order valence-corrected chi connectivity index (χ3v) is 12.7. The number of aliphatic hydroxyl groups is 5. The van der Waals surface area contributed by atoms with E-state index in [4.69, 9.17) is 18.5 Å². The molecule has 0 spiro atoms. The van der Waals surface area contributed by atoms with E-state index < -0.39 is 63.1 Å². The minimum atomic E-state index is -5.01. The molecular formula is C46H91O12P.